The molecule has 0 bridgehead atoms. The van der Waals surface area contributed by atoms with Crippen molar-refractivity contribution in [3.8, 4) is 5.75 Å². The number of hydrogen-bond donors (Lipinski definition) is 2. The molecule has 0 fully saturated rings. The number of aliphatic hydroxyl groups excluding tert-OH is 1. The normalized spacial score (nSPS) is 17.6. The van der Waals surface area contributed by atoms with Gasteiger partial charge in [0.1, 0.15) is 28.5 Å². The quantitative estimate of drug-likeness (QED) is 0.565. The topological polar surface area (TPSA) is 89.8 Å². The number of aliphatic hydroxyl groups is 1. The molecule has 2 atom stereocenters. The number of anilines is 1. The van der Waals surface area contributed by atoms with Crippen LogP contribution in [-0.4, -0.2) is 31.8 Å². The summed E-state index contributed by atoms with van der Waals surface area (Å²) in [4.78, 5) is 4.21. The zero-order valence-corrected chi connectivity index (χ0v) is 17.4. The largest absolute Gasteiger partial charge is 0.591 e. The van der Waals surface area contributed by atoms with Crippen molar-refractivity contribution in [2.24, 2.45) is 4.40 Å². The highest BCUT2D eigenvalue weighted by Crippen LogP contribution is 2.35. The zero-order chi connectivity index (χ0) is 20.3. The molecule has 2 unspecified atom stereocenters. The van der Waals surface area contributed by atoms with Crippen LogP contribution in [-0.2, 0) is 18.0 Å². The molecular formula is C20H22ClN3O3S. The van der Waals surface area contributed by atoms with Crippen LogP contribution in [0.15, 0.2) is 46.5 Å². The third kappa shape index (κ3) is 5.05. The van der Waals surface area contributed by atoms with Crippen LogP contribution < -0.4 is 10.1 Å². The molecule has 8 heteroatoms. The van der Waals surface area contributed by atoms with Gasteiger partial charge in [0, 0.05) is 23.5 Å². The molecule has 6 nitrogen and oxygen atoms in total. The lowest BCUT2D eigenvalue weighted by molar-refractivity contribution is 0.246. The lowest BCUT2D eigenvalue weighted by Crippen LogP contribution is -2.28. The molecule has 1 aromatic heterocycles. The second-order valence-electron chi connectivity index (χ2n) is 7.27. The maximum Gasteiger partial charge on any atom is 0.152 e. The third-order valence-corrected chi connectivity index (χ3v) is 5.60. The Labute approximate surface area is 172 Å². The standard InChI is InChI=1S/C20H22ClN3O3S/c1-20(2,3)28(26)23-11-14-8-13-9-16(21)18(10-17(13)24-19(14)25)27-12-15-6-4-5-7-22-15/h4-11,19,24-25H,12H2,1-3H3/b23-11+. The predicted molar refractivity (Wildman–Crippen MR) is 114 cm³/mol. The van der Waals surface area contributed by atoms with Gasteiger partial charge in [-0.1, -0.05) is 22.1 Å². The molecule has 1 aliphatic rings. The van der Waals surface area contributed by atoms with Gasteiger partial charge >= 0.3 is 0 Å². The summed E-state index contributed by atoms with van der Waals surface area (Å²) in [6, 6.07) is 9.08. The second kappa shape index (κ2) is 8.53. The Morgan fingerprint density at radius 2 is 2.18 bits per heavy atom. The maximum atomic E-state index is 12.1. The first-order chi connectivity index (χ1) is 13.2. The molecule has 0 amide bonds. The fourth-order valence-electron chi connectivity index (χ4n) is 2.42. The number of aromatic nitrogens is 1. The molecule has 0 aliphatic carbocycles. The van der Waals surface area contributed by atoms with Crippen molar-refractivity contribution in [3.63, 3.8) is 0 Å². The number of hydrogen-bond acceptors (Lipinski definition) is 6. The first kappa shape index (κ1) is 20.7. The van der Waals surface area contributed by atoms with Crippen molar-refractivity contribution >= 4 is 40.9 Å². The number of ether oxygens (including phenoxy) is 1. The molecule has 2 N–H and O–H groups in total. The van der Waals surface area contributed by atoms with Crippen LogP contribution in [0, 0.1) is 0 Å². The molecule has 2 heterocycles. The van der Waals surface area contributed by atoms with Gasteiger partial charge in [0.25, 0.3) is 0 Å². The van der Waals surface area contributed by atoms with E-state index in [9.17, 15) is 9.66 Å². The predicted octanol–water partition coefficient (Wildman–Crippen LogP) is 3.97. The Morgan fingerprint density at radius 3 is 2.86 bits per heavy atom. The molecule has 0 spiro atoms. The van der Waals surface area contributed by atoms with Crippen LogP contribution in [0.2, 0.25) is 5.02 Å². The Bertz CT molecular complexity index is 898. The molecule has 0 saturated heterocycles. The highest BCUT2D eigenvalue weighted by atomic mass is 35.5. The van der Waals surface area contributed by atoms with Gasteiger partial charge in [-0.25, -0.2) is 0 Å². The number of halogens is 1. The van der Waals surface area contributed by atoms with Gasteiger partial charge < -0.3 is 19.7 Å². The van der Waals surface area contributed by atoms with Crippen LogP contribution in [0.3, 0.4) is 0 Å². The Balaban J connectivity index is 1.79. The van der Waals surface area contributed by atoms with E-state index in [4.69, 9.17) is 16.3 Å². The van der Waals surface area contributed by atoms with E-state index in [0.717, 1.165) is 11.3 Å². The van der Waals surface area contributed by atoms with Crippen molar-refractivity contribution < 1.29 is 14.4 Å². The lowest BCUT2D eigenvalue weighted by Gasteiger charge is -2.24. The van der Waals surface area contributed by atoms with Gasteiger partial charge in [0.15, 0.2) is 6.23 Å². The van der Waals surface area contributed by atoms with Crippen LogP contribution >= 0.6 is 11.6 Å². The van der Waals surface area contributed by atoms with E-state index in [1.165, 1.54) is 6.21 Å². The summed E-state index contributed by atoms with van der Waals surface area (Å²) in [5.74, 6) is 0.491. The Hall–Kier alpha value is -2.06. The van der Waals surface area contributed by atoms with Crippen LogP contribution in [0.1, 0.15) is 32.0 Å². The first-order valence-corrected chi connectivity index (χ1v) is 10.2. The van der Waals surface area contributed by atoms with Gasteiger partial charge in [-0.3, -0.25) is 4.98 Å². The van der Waals surface area contributed by atoms with E-state index in [0.29, 0.717) is 22.0 Å². The number of nitrogens with one attached hydrogen (secondary N) is 1. The number of rotatable bonds is 5. The minimum atomic E-state index is -1.40. The molecule has 2 aromatic rings. The van der Waals surface area contributed by atoms with E-state index in [1.807, 2.05) is 39.0 Å². The van der Waals surface area contributed by atoms with E-state index in [-0.39, 0.29) is 6.61 Å². The number of pyridine rings is 1. The molecule has 1 aliphatic heterocycles. The lowest BCUT2D eigenvalue weighted by atomic mass is 10.0. The smallest absolute Gasteiger partial charge is 0.152 e. The van der Waals surface area contributed by atoms with Crippen molar-refractivity contribution in [2.75, 3.05) is 5.32 Å². The minimum Gasteiger partial charge on any atom is -0.591 e. The molecule has 3 rings (SSSR count). The van der Waals surface area contributed by atoms with Crippen LogP contribution in [0.25, 0.3) is 6.08 Å². The molecule has 1 aromatic carbocycles. The van der Waals surface area contributed by atoms with Gasteiger partial charge in [0.2, 0.25) is 0 Å². The molecule has 0 saturated carbocycles. The SMILES string of the molecule is CC(C)(C)[S+]([O-])/N=C/C1=Cc2cc(Cl)c(OCc3ccccn3)cc2NC1O. The fourth-order valence-corrected chi connectivity index (χ4v) is 3.18. The number of fused-ring (bicyclic) bond motifs is 1. The number of benzene rings is 1. The first-order valence-electron chi connectivity index (χ1n) is 8.72. The van der Waals surface area contributed by atoms with E-state index in [2.05, 4.69) is 14.7 Å². The van der Waals surface area contributed by atoms with Crippen molar-refractivity contribution in [2.45, 2.75) is 38.4 Å². The van der Waals surface area contributed by atoms with E-state index >= 15 is 0 Å². The fraction of sp³-hybridized carbons (Fsp3) is 0.300. The summed E-state index contributed by atoms with van der Waals surface area (Å²) in [7, 11) is 0. The van der Waals surface area contributed by atoms with Crippen molar-refractivity contribution in [1.82, 2.24) is 4.98 Å². The summed E-state index contributed by atoms with van der Waals surface area (Å²) < 4.78 is 21.4. The number of nitrogens with zero attached hydrogens (tertiary/aromatic N) is 2. The van der Waals surface area contributed by atoms with Gasteiger partial charge in [-0.15, -0.1) is 0 Å². The maximum absolute atomic E-state index is 12.1. The average molecular weight is 420 g/mol. The van der Waals surface area contributed by atoms with Gasteiger partial charge in [-0.2, -0.15) is 0 Å². The Morgan fingerprint density at radius 1 is 1.39 bits per heavy atom. The summed E-state index contributed by atoms with van der Waals surface area (Å²) >= 11 is 4.95. The highest BCUT2D eigenvalue weighted by molar-refractivity contribution is 7.91. The average Bonchev–Trinajstić information content (AvgIpc) is 2.65. The monoisotopic (exact) mass is 419 g/mol. The van der Waals surface area contributed by atoms with Crippen LogP contribution in [0.5, 0.6) is 5.75 Å². The minimum absolute atomic E-state index is 0.286. The summed E-state index contributed by atoms with van der Waals surface area (Å²) in [5.41, 5.74) is 2.75. The second-order valence-corrected chi connectivity index (χ2v) is 9.61. The van der Waals surface area contributed by atoms with Crippen molar-refractivity contribution in [1.29, 1.82) is 0 Å². The van der Waals surface area contributed by atoms with Gasteiger partial charge in [0.05, 0.1) is 16.9 Å². The molecular weight excluding hydrogens is 398 g/mol. The van der Waals surface area contributed by atoms with E-state index in [1.54, 1.807) is 24.4 Å². The molecule has 0 radical (unpaired) electrons. The third-order valence-electron chi connectivity index (χ3n) is 3.96. The zero-order valence-electron chi connectivity index (χ0n) is 15.8. The summed E-state index contributed by atoms with van der Waals surface area (Å²) in [6.45, 7) is 5.80. The van der Waals surface area contributed by atoms with E-state index < -0.39 is 22.3 Å². The highest BCUT2D eigenvalue weighted by Gasteiger charge is 2.27. The molecule has 28 heavy (non-hydrogen) atoms. The van der Waals surface area contributed by atoms with Crippen LogP contribution in [0.4, 0.5) is 5.69 Å². The van der Waals surface area contributed by atoms with Crippen molar-refractivity contribution in [3.05, 3.63) is 58.4 Å². The Kier molecular flexibility index (Phi) is 6.30. The van der Waals surface area contributed by atoms with Gasteiger partial charge in [-0.05, 0) is 50.6 Å². The molecule has 148 valence electrons. The summed E-state index contributed by atoms with van der Waals surface area (Å²) in [6.07, 6.45) is 3.92. The summed E-state index contributed by atoms with van der Waals surface area (Å²) in [5, 5.41) is 13.8.